The van der Waals surface area contributed by atoms with Gasteiger partial charge in [0, 0.05) is 23.1 Å². The molecule has 0 unspecified atom stereocenters. The molecule has 0 radical (unpaired) electrons. The number of hydrogen-bond acceptors (Lipinski definition) is 7. The molecule has 3 amide bonds. The van der Waals surface area contributed by atoms with E-state index >= 15 is 0 Å². The molecule has 0 fully saturated rings. The number of ether oxygens (including phenoxy) is 2. The van der Waals surface area contributed by atoms with Crippen molar-refractivity contribution in [2.75, 3.05) is 13.7 Å². The molecule has 9 nitrogen and oxygen atoms in total. The average Bonchev–Trinajstić information content (AvgIpc) is 3.33. The number of nitrogens with one attached hydrogen (secondary N) is 2. The van der Waals surface area contributed by atoms with Crippen LogP contribution in [0.4, 0.5) is 0 Å². The first-order valence-corrected chi connectivity index (χ1v) is 10.5. The summed E-state index contributed by atoms with van der Waals surface area (Å²) in [6.45, 7) is 0.350. The van der Waals surface area contributed by atoms with Gasteiger partial charge in [0.05, 0.1) is 24.9 Å². The van der Waals surface area contributed by atoms with Crippen LogP contribution in [0.25, 0.3) is 0 Å². The van der Waals surface area contributed by atoms with Crippen molar-refractivity contribution in [3.05, 3.63) is 75.7 Å². The van der Waals surface area contributed by atoms with Crippen molar-refractivity contribution in [2.45, 2.75) is 13.2 Å². The van der Waals surface area contributed by atoms with Crippen LogP contribution in [-0.4, -0.2) is 36.4 Å². The number of benzene rings is 2. The SMILES string of the molecule is COc1cc(C(=O)NCc2ccc(C(=O)NCC(N)=O)cc2)ccc1OCc1cscn1. The summed E-state index contributed by atoms with van der Waals surface area (Å²) in [6.07, 6.45) is 0. The lowest BCUT2D eigenvalue weighted by Crippen LogP contribution is -2.33. The summed E-state index contributed by atoms with van der Waals surface area (Å²) in [5.41, 5.74) is 9.17. The van der Waals surface area contributed by atoms with E-state index in [1.54, 1.807) is 48.0 Å². The molecule has 0 spiro atoms. The van der Waals surface area contributed by atoms with Crippen LogP contribution in [0.15, 0.2) is 53.4 Å². The van der Waals surface area contributed by atoms with Gasteiger partial charge in [-0.2, -0.15) is 0 Å². The predicted molar refractivity (Wildman–Crippen MR) is 119 cm³/mol. The summed E-state index contributed by atoms with van der Waals surface area (Å²) < 4.78 is 11.1. The number of aromatic nitrogens is 1. The van der Waals surface area contributed by atoms with Gasteiger partial charge in [0.1, 0.15) is 6.61 Å². The van der Waals surface area contributed by atoms with Gasteiger partial charge in [-0.05, 0) is 35.9 Å². The Balaban J connectivity index is 1.56. The largest absolute Gasteiger partial charge is 0.493 e. The highest BCUT2D eigenvalue weighted by Gasteiger charge is 2.12. The Morgan fingerprint density at radius 3 is 2.38 bits per heavy atom. The van der Waals surface area contributed by atoms with Crippen molar-refractivity contribution in [2.24, 2.45) is 5.73 Å². The van der Waals surface area contributed by atoms with E-state index in [-0.39, 0.29) is 19.0 Å². The van der Waals surface area contributed by atoms with Gasteiger partial charge < -0.3 is 25.8 Å². The van der Waals surface area contributed by atoms with E-state index in [2.05, 4.69) is 15.6 Å². The molecule has 0 aliphatic heterocycles. The summed E-state index contributed by atoms with van der Waals surface area (Å²) in [5.74, 6) is -0.337. The molecule has 10 heteroatoms. The van der Waals surface area contributed by atoms with E-state index in [0.717, 1.165) is 11.3 Å². The first-order valence-electron chi connectivity index (χ1n) is 9.58. The van der Waals surface area contributed by atoms with E-state index in [1.807, 2.05) is 5.38 Å². The zero-order valence-corrected chi connectivity index (χ0v) is 18.1. The number of methoxy groups -OCH3 is 1. The van der Waals surface area contributed by atoms with E-state index in [0.29, 0.717) is 29.2 Å². The molecule has 32 heavy (non-hydrogen) atoms. The van der Waals surface area contributed by atoms with Crippen molar-refractivity contribution in [3.8, 4) is 11.5 Å². The van der Waals surface area contributed by atoms with Crippen LogP contribution < -0.4 is 25.8 Å². The van der Waals surface area contributed by atoms with Crippen molar-refractivity contribution < 1.29 is 23.9 Å². The van der Waals surface area contributed by atoms with Crippen LogP contribution in [-0.2, 0) is 17.9 Å². The van der Waals surface area contributed by atoms with E-state index in [4.69, 9.17) is 15.2 Å². The first kappa shape index (κ1) is 22.8. The second-order valence-electron chi connectivity index (χ2n) is 6.66. The number of carbonyl (C=O) groups excluding carboxylic acids is 3. The summed E-state index contributed by atoms with van der Waals surface area (Å²) in [4.78, 5) is 39.4. The average molecular weight is 455 g/mol. The van der Waals surface area contributed by atoms with Gasteiger partial charge >= 0.3 is 0 Å². The Bertz CT molecular complexity index is 1080. The van der Waals surface area contributed by atoms with Crippen LogP contribution in [0.2, 0.25) is 0 Å². The lowest BCUT2D eigenvalue weighted by Gasteiger charge is -2.12. The van der Waals surface area contributed by atoms with Crippen LogP contribution in [0.5, 0.6) is 11.5 Å². The monoisotopic (exact) mass is 454 g/mol. The van der Waals surface area contributed by atoms with Gasteiger partial charge in [0.2, 0.25) is 5.91 Å². The smallest absolute Gasteiger partial charge is 0.251 e. The zero-order chi connectivity index (χ0) is 22.9. The first-order chi connectivity index (χ1) is 15.5. The van der Waals surface area contributed by atoms with Crippen LogP contribution in [0, 0.1) is 0 Å². The minimum atomic E-state index is -0.617. The minimum absolute atomic E-state index is 0.227. The Morgan fingerprint density at radius 1 is 1.00 bits per heavy atom. The number of nitrogens with two attached hydrogens (primary N) is 1. The number of amides is 3. The minimum Gasteiger partial charge on any atom is -0.493 e. The number of nitrogens with zero attached hydrogens (tertiary/aromatic N) is 1. The van der Waals surface area contributed by atoms with Gasteiger partial charge in [-0.15, -0.1) is 11.3 Å². The second-order valence-corrected chi connectivity index (χ2v) is 7.38. The number of hydrogen-bond donors (Lipinski definition) is 3. The maximum Gasteiger partial charge on any atom is 0.251 e. The fourth-order valence-electron chi connectivity index (χ4n) is 2.72. The van der Waals surface area contributed by atoms with Crippen LogP contribution >= 0.6 is 11.3 Å². The standard InChI is InChI=1S/C22H22N4O5S/c1-30-19-8-16(6-7-18(19)31-11-17-12-32-13-26-17)22(29)24-9-14-2-4-15(5-3-14)21(28)25-10-20(23)27/h2-8,12-13H,9-11H2,1H3,(H2,23,27)(H,24,29)(H,25,28). The van der Waals surface area contributed by atoms with Crippen molar-refractivity contribution in [3.63, 3.8) is 0 Å². The Hall–Kier alpha value is -3.92. The normalized spacial score (nSPS) is 10.3. The molecule has 166 valence electrons. The maximum atomic E-state index is 12.5. The molecule has 1 heterocycles. The third-order valence-electron chi connectivity index (χ3n) is 4.38. The Kier molecular flexibility index (Phi) is 7.76. The topological polar surface area (TPSA) is 133 Å². The molecule has 4 N–H and O–H groups in total. The fraction of sp³-hybridized carbons (Fsp3) is 0.182. The second kappa shape index (κ2) is 10.9. The van der Waals surface area contributed by atoms with Gasteiger partial charge in [-0.3, -0.25) is 14.4 Å². The van der Waals surface area contributed by atoms with Crippen molar-refractivity contribution in [1.29, 1.82) is 0 Å². The van der Waals surface area contributed by atoms with Crippen molar-refractivity contribution >= 4 is 29.1 Å². The summed E-state index contributed by atoms with van der Waals surface area (Å²) in [6, 6.07) is 11.6. The number of carbonyl (C=O) groups is 3. The number of thiazole rings is 1. The highest BCUT2D eigenvalue weighted by Crippen LogP contribution is 2.29. The van der Waals surface area contributed by atoms with E-state index in [1.165, 1.54) is 18.4 Å². The van der Waals surface area contributed by atoms with Gasteiger partial charge in [0.15, 0.2) is 11.5 Å². The highest BCUT2D eigenvalue weighted by molar-refractivity contribution is 7.07. The number of primary amides is 1. The fourth-order valence-corrected chi connectivity index (χ4v) is 3.26. The molecule has 0 aliphatic carbocycles. The third-order valence-corrected chi connectivity index (χ3v) is 5.01. The Labute approximate surface area is 188 Å². The lowest BCUT2D eigenvalue weighted by atomic mass is 10.1. The summed E-state index contributed by atoms with van der Waals surface area (Å²) in [5, 5.41) is 7.13. The third kappa shape index (κ3) is 6.29. The molecule has 0 atom stereocenters. The lowest BCUT2D eigenvalue weighted by molar-refractivity contribution is -0.117. The molecular weight excluding hydrogens is 432 g/mol. The maximum absolute atomic E-state index is 12.5. The van der Waals surface area contributed by atoms with E-state index in [9.17, 15) is 14.4 Å². The van der Waals surface area contributed by atoms with Crippen LogP contribution in [0.1, 0.15) is 32.0 Å². The predicted octanol–water partition coefficient (Wildman–Crippen LogP) is 1.88. The van der Waals surface area contributed by atoms with Gasteiger partial charge in [-0.1, -0.05) is 12.1 Å². The molecule has 3 rings (SSSR count). The summed E-state index contributed by atoms with van der Waals surface area (Å²) in [7, 11) is 1.51. The molecule has 3 aromatic rings. The number of rotatable bonds is 10. The van der Waals surface area contributed by atoms with Gasteiger partial charge in [0.25, 0.3) is 11.8 Å². The molecule has 0 aliphatic rings. The molecule has 0 saturated carbocycles. The molecular formula is C22H22N4O5S. The van der Waals surface area contributed by atoms with Crippen LogP contribution in [0.3, 0.4) is 0 Å². The molecule has 0 saturated heterocycles. The van der Waals surface area contributed by atoms with Crippen molar-refractivity contribution in [1.82, 2.24) is 15.6 Å². The molecule has 0 bridgehead atoms. The molecule has 2 aromatic carbocycles. The quantitative estimate of drug-likeness (QED) is 0.428. The Morgan fingerprint density at radius 2 is 1.72 bits per heavy atom. The summed E-state index contributed by atoms with van der Waals surface area (Å²) >= 11 is 1.49. The molecule has 1 aromatic heterocycles. The zero-order valence-electron chi connectivity index (χ0n) is 17.3. The van der Waals surface area contributed by atoms with Gasteiger partial charge in [-0.25, -0.2) is 4.98 Å². The van der Waals surface area contributed by atoms with E-state index < -0.39 is 11.8 Å². The highest BCUT2D eigenvalue weighted by atomic mass is 32.1.